The quantitative estimate of drug-likeness (QED) is 0.0771. The van der Waals surface area contributed by atoms with Crippen molar-refractivity contribution in [1.82, 2.24) is 34.9 Å². The van der Waals surface area contributed by atoms with Crippen molar-refractivity contribution in [2.24, 2.45) is 13.0 Å². The molecule has 19 nitrogen and oxygen atoms in total. The van der Waals surface area contributed by atoms with Crippen LogP contribution in [-0.4, -0.2) is 126 Å². The Hall–Kier alpha value is -6.32. The summed E-state index contributed by atoms with van der Waals surface area (Å²) >= 11 is 3.48. The second-order valence-electron chi connectivity index (χ2n) is 17.5. The Morgan fingerprint density at radius 2 is 1.54 bits per heavy atom. The molecular formula is C47H51BrF2N11O8P. The number of anilines is 6. The summed E-state index contributed by atoms with van der Waals surface area (Å²) in [6.45, 7) is 5.28. The molecule has 3 N–H and O–H groups in total. The highest BCUT2D eigenvalue weighted by atomic mass is 79.9. The number of piperazine rings is 1. The van der Waals surface area contributed by atoms with E-state index in [-0.39, 0.29) is 46.6 Å². The highest BCUT2D eigenvalue weighted by molar-refractivity contribution is 9.10. The molecule has 2 aromatic heterocycles. The SMILES string of the molecule is COc1cc(N2CCN(CCC3CCN(c4cc5c(cc4F)C(=O)N(C4CCC(=O)NC4=O)C5=O)CC3)CC2)c(-c2cnn(C)c2)cc1Nc1ncc(Br)c(Nc2ccc(F)cc2P(=O)(OC)OC)n1. The molecule has 0 spiro atoms. The van der Waals surface area contributed by atoms with Gasteiger partial charge < -0.3 is 34.2 Å². The summed E-state index contributed by atoms with van der Waals surface area (Å²) < 4.78 is 61.8. The number of fused-ring (bicyclic) bond motifs is 1. The van der Waals surface area contributed by atoms with Crippen molar-refractivity contribution in [3.63, 3.8) is 0 Å². The lowest BCUT2D eigenvalue weighted by atomic mass is 9.92. The van der Waals surface area contributed by atoms with Crippen LogP contribution in [0.25, 0.3) is 11.1 Å². The fourth-order valence-electron chi connectivity index (χ4n) is 9.52. The summed E-state index contributed by atoms with van der Waals surface area (Å²) in [6.07, 6.45) is 7.99. The molecule has 0 aliphatic carbocycles. The minimum absolute atomic E-state index is 0.00413. The van der Waals surface area contributed by atoms with Gasteiger partial charge >= 0.3 is 7.60 Å². The molecule has 5 aromatic rings. The van der Waals surface area contributed by atoms with E-state index in [4.69, 9.17) is 13.8 Å². The van der Waals surface area contributed by atoms with Gasteiger partial charge in [0.25, 0.3) is 11.8 Å². The lowest BCUT2D eigenvalue weighted by Crippen LogP contribution is -2.54. The maximum atomic E-state index is 15.6. The first-order valence-corrected chi connectivity index (χ1v) is 25.1. The molecule has 3 saturated heterocycles. The molecule has 4 aliphatic heterocycles. The fourth-order valence-corrected chi connectivity index (χ4v) is 11.1. The molecule has 0 radical (unpaired) electrons. The van der Waals surface area contributed by atoms with Crippen LogP contribution in [0.2, 0.25) is 0 Å². The number of ether oxygens (including phenoxy) is 1. The van der Waals surface area contributed by atoms with Crippen LogP contribution in [0.3, 0.4) is 0 Å². The van der Waals surface area contributed by atoms with Crippen molar-refractivity contribution in [1.29, 1.82) is 0 Å². The van der Waals surface area contributed by atoms with Crippen molar-refractivity contribution in [2.75, 3.05) is 87.6 Å². The summed E-state index contributed by atoms with van der Waals surface area (Å²) in [7, 11) is 2.04. The zero-order chi connectivity index (χ0) is 49.4. The third-order valence-corrected chi connectivity index (χ3v) is 15.8. The average Bonchev–Trinajstić information content (AvgIpc) is 3.90. The van der Waals surface area contributed by atoms with E-state index in [9.17, 15) is 28.1 Å². The van der Waals surface area contributed by atoms with E-state index in [1.54, 1.807) is 18.0 Å². The number of piperidine rings is 2. The summed E-state index contributed by atoms with van der Waals surface area (Å²) in [5.41, 5.74) is 3.89. The topological polar surface area (TPSA) is 206 Å². The van der Waals surface area contributed by atoms with Gasteiger partial charge in [0, 0.05) is 102 Å². The molecular weight excluding hydrogens is 995 g/mol. The van der Waals surface area contributed by atoms with Gasteiger partial charge in [0.2, 0.25) is 17.8 Å². The number of aromatic nitrogens is 4. The predicted octanol–water partition coefficient (Wildman–Crippen LogP) is 6.35. The number of carbonyl (C=O) groups excluding carboxylic acids is 4. The van der Waals surface area contributed by atoms with Crippen LogP contribution in [0.1, 0.15) is 52.8 Å². The van der Waals surface area contributed by atoms with Gasteiger partial charge in [-0.05, 0) is 90.5 Å². The average molecular weight is 1050 g/mol. The molecule has 9 rings (SSSR count). The summed E-state index contributed by atoms with van der Waals surface area (Å²) in [6, 6.07) is 9.13. The van der Waals surface area contributed by atoms with Gasteiger partial charge in [0.1, 0.15) is 29.2 Å². The van der Waals surface area contributed by atoms with Crippen LogP contribution in [0, 0.1) is 17.6 Å². The zero-order valence-corrected chi connectivity index (χ0v) is 41.3. The van der Waals surface area contributed by atoms with E-state index in [0.29, 0.717) is 40.7 Å². The number of halogens is 3. The van der Waals surface area contributed by atoms with Crippen molar-refractivity contribution >= 4 is 87.0 Å². The van der Waals surface area contributed by atoms with Crippen LogP contribution < -0.4 is 35.8 Å². The van der Waals surface area contributed by atoms with Crippen LogP contribution >= 0.6 is 23.5 Å². The first-order valence-electron chi connectivity index (χ1n) is 22.7. The monoisotopic (exact) mass is 1050 g/mol. The smallest absolute Gasteiger partial charge is 0.363 e. The highest BCUT2D eigenvalue weighted by Crippen LogP contribution is 2.48. The number of methoxy groups -OCH3 is 1. The largest absolute Gasteiger partial charge is 0.494 e. The number of benzene rings is 3. The zero-order valence-electron chi connectivity index (χ0n) is 38.8. The third-order valence-electron chi connectivity index (χ3n) is 13.3. The maximum absolute atomic E-state index is 15.6. The molecule has 3 aromatic carbocycles. The van der Waals surface area contributed by atoms with E-state index in [2.05, 4.69) is 56.7 Å². The molecule has 70 heavy (non-hydrogen) atoms. The van der Waals surface area contributed by atoms with Gasteiger partial charge in [-0.2, -0.15) is 10.1 Å². The predicted molar refractivity (Wildman–Crippen MR) is 260 cm³/mol. The first-order chi connectivity index (χ1) is 33.7. The Kier molecular flexibility index (Phi) is 14.0. The normalized spacial score (nSPS) is 18.1. The van der Waals surface area contributed by atoms with Gasteiger partial charge in [0.15, 0.2) is 0 Å². The molecule has 23 heteroatoms. The van der Waals surface area contributed by atoms with Crippen molar-refractivity contribution in [3.8, 4) is 16.9 Å². The molecule has 6 heterocycles. The van der Waals surface area contributed by atoms with E-state index >= 15 is 4.39 Å². The molecule has 4 aliphatic rings. The number of amides is 4. The molecule has 1 unspecified atom stereocenters. The Labute approximate surface area is 410 Å². The molecule has 0 bridgehead atoms. The van der Waals surface area contributed by atoms with Gasteiger partial charge in [-0.15, -0.1) is 0 Å². The Balaban J connectivity index is 0.834. The number of rotatable bonds is 15. The van der Waals surface area contributed by atoms with E-state index in [1.165, 1.54) is 32.4 Å². The number of nitrogens with zero attached hydrogens (tertiary/aromatic N) is 8. The van der Waals surface area contributed by atoms with Crippen LogP contribution in [0.5, 0.6) is 5.75 Å². The number of hydrogen-bond acceptors (Lipinski definition) is 16. The Morgan fingerprint density at radius 1 is 0.829 bits per heavy atom. The second kappa shape index (κ2) is 20.2. The molecule has 368 valence electrons. The van der Waals surface area contributed by atoms with Crippen LogP contribution in [0.4, 0.5) is 43.3 Å². The first kappa shape index (κ1) is 48.7. The van der Waals surface area contributed by atoms with Gasteiger partial charge in [-0.1, -0.05) is 0 Å². The van der Waals surface area contributed by atoms with Crippen molar-refractivity contribution < 1.29 is 46.3 Å². The van der Waals surface area contributed by atoms with Crippen LogP contribution in [0.15, 0.2) is 65.5 Å². The molecule has 4 amide bonds. The minimum Gasteiger partial charge on any atom is -0.494 e. The molecule has 3 fully saturated rings. The Morgan fingerprint density at radius 3 is 2.21 bits per heavy atom. The highest BCUT2D eigenvalue weighted by Gasteiger charge is 2.45. The summed E-state index contributed by atoms with van der Waals surface area (Å²) in [5, 5.41) is 13.0. The van der Waals surface area contributed by atoms with E-state index in [1.807, 2.05) is 36.5 Å². The summed E-state index contributed by atoms with van der Waals surface area (Å²) in [5.74, 6) is -2.30. The fraction of sp³-hybridized carbons (Fsp3) is 0.383. The third kappa shape index (κ3) is 9.74. The number of carbonyl (C=O) groups is 4. The maximum Gasteiger partial charge on any atom is 0.363 e. The summed E-state index contributed by atoms with van der Waals surface area (Å²) in [4.78, 5) is 67.5. The standard InChI is InChI=1S/C47H51BrF2N11O8P/c1-57-26-28(24-52-57)30-21-36(54-47-51-25-33(48)43(56-47)53-35-6-5-29(49)19-41(35)70(66,68-3)69-4)40(67-2)23-38(30)60-17-15-58(16-18-60)12-9-27-10-13-59(14-11-27)39-22-32-31(20-34(39)50)45(64)61(46(32)65)37-7-8-42(62)55-44(37)63/h5-6,19-27,37H,7-18H2,1-4H3,(H,55,62,63)(H2,51,53,54,56). The molecule has 0 saturated carbocycles. The number of hydrogen-bond donors (Lipinski definition) is 3. The van der Waals surface area contributed by atoms with Gasteiger partial charge in [-0.25, -0.2) is 13.8 Å². The van der Waals surface area contributed by atoms with Gasteiger partial charge in [-0.3, -0.25) is 43.5 Å². The Bertz CT molecular complexity index is 2920. The lowest BCUT2D eigenvalue weighted by molar-refractivity contribution is -0.136. The number of imide groups is 2. The van der Waals surface area contributed by atoms with E-state index < -0.39 is 48.9 Å². The van der Waals surface area contributed by atoms with Crippen molar-refractivity contribution in [3.05, 3.63) is 88.3 Å². The van der Waals surface area contributed by atoms with E-state index in [0.717, 1.165) is 85.8 Å². The number of nitrogens with one attached hydrogen (secondary N) is 3. The van der Waals surface area contributed by atoms with Gasteiger partial charge in [0.05, 0.1) is 51.3 Å². The lowest BCUT2D eigenvalue weighted by Gasteiger charge is -2.39. The van der Waals surface area contributed by atoms with Crippen molar-refractivity contribution in [2.45, 2.75) is 38.1 Å². The second-order valence-corrected chi connectivity index (χ2v) is 20.5. The molecule has 1 atom stereocenters. The van der Waals surface area contributed by atoms with Crippen LogP contribution in [-0.2, 0) is 30.2 Å². The number of aryl methyl sites for hydroxylation is 1. The minimum atomic E-state index is -3.86.